The Labute approximate surface area is 188 Å². The molecule has 0 saturated carbocycles. The van der Waals surface area contributed by atoms with Crippen LogP contribution in [0.3, 0.4) is 0 Å². The van der Waals surface area contributed by atoms with E-state index in [9.17, 15) is 14.7 Å². The Hall–Kier alpha value is -3.26. The smallest absolute Gasteiger partial charge is 0.295 e. The van der Waals surface area contributed by atoms with E-state index in [1.54, 1.807) is 37.3 Å². The molecule has 0 radical (unpaired) electrons. The number of hydrogen-bond donors (Lipinski definition) is 1. The van der Waals surface area contributed by atoms with E-state index in [4.69, 9.17) is 13.9 Å². The van der Waals surface area contributed by atoms with E-state index in [2.05, 4.69) is 4.90 Å². The second-order valence-electron chi connectivity index (χ2n) is 7.53. The van der Waals surface area contributed by atoms with Crippen LogP contribution in [0.15, 0.2) is 40.3 Å². The van der Waals surface area contributed by atoms with Crippen molar-refractivity contribution >= 4 is 17.4 Å². The van der Waals surface area contributed by atoms with E-state index in [0.717, 1.165) is 13.1 Å². The van der Waals surface area contributed by atoms with Crippen LogP contribution < -0.4 is 9.47 Å². The van der Waals surface area contributed by atoms with Gasteiger partial charge in [0.15, 0.2) is 0 Å². The number of aryl methyl sites for hydroxylation is 1. The summed E-state index contributed by atoms with van der Waals surface area (Å²) in [5.74, 6) is 0.146. The number of benzene rings is 1. The summed E-state index contributed by atoms with van der Waals surface area (Å²) < 4.78 is 16.5. The number of amides is 1. The number of aliphatic hydroxyl groups excluding tert-OH is 1. The van der Waals surface area contributed by atoms with Crippen LogP contribution in [0.4, 0.5) is 0 Å². The normalized spacial score (nSPS) is 17.9. The third kappa shape index (κ3) is 4.36. The van der Waals surface area contributed by atoms with Crippen LogP contribution >= 0.6 is 0 Å². The van der Waals surface area contributed by atoms with Gasteiger partial charge in [0.05, 0.1) is 25.4 Å². The maximum absolute atomic E-state index is 13.1. The van der Waals surface area contributed by atoms with Gasteiger partial charge in [0.2, 0.25) is 0 Å². The van der Waals surface area contributed by atoms with Crippen molar-refractivity contribution in [2.75, 3.05) is 40.4 Å². The molecule has 2 aromatic rings. The average molecular weight is 443 g/mol. The van der Waals surface area contributed by atoms with Crippen LogP contribution in [0.25, 0.3) is 5.76 Å². The number of likely N-dealkylation sites (tertiary alicyclic amines) is 1. The molecule has 172 valence electrons. The number of nitrogens with zero attached hydrogens (tertiary/aromatic N) is 2. The van der Waals surface area contributed by atoms with Crippen molar-refractivity contribution in [2.24, 2.45) is 0 Å². The number of carbonyl (C=O) groups excluding carboxylic acids is 2. The van der Waals surface area contributed by atoms with Crippen molar-refractivity contribution in [3.8, 4) is 11.5 Å². The molecule has 1 amide bonds. The summed E-state index contributed by atoms with van der Waals surface area (Å²) in [7, 11) is 2.97. The molecule has 1 aliphatic rings. The molecular formula is C24H30N2O6. The van der Waals surface area contributed by atoms with Crippen molar-refractivity contribution in [1.29, 1.82) is 0 Å². The molecule has 32 heavy (non-hydrogen) atoms. The monoisotopic (exact) mass is 442 g/mol. The summed E-state index contributed by atoms with van der Waals surface area (Å²) in [4.78, 5) is 29.8. The third-order valence-corrected chi connectivity index (χ3v) is 5.78. The molecule has 1 aliphatic heterocycles. The molecule has 0 aliphatic carbocycles. The van der Waals surface area contributed by atoms with Crippen molar-refractivity contribution in [3.63, 3.8) is 0 Å². The zero-order chi connectivity index (χ0) is 23.4. The van der Waals surface area contributed by atoms with Gasteiger partial charge in [-0.3, -0.25) is 9.59 Å². The molecule has 0 bridgehead atoms. The Kier molecular flexibility index (Phi) is 7.25. The number of Topliss-reactive ketones (excluding diaryl/α,β-unsaturated/α-hetero) is 1. The first kappa shape index (κ1) is 23.4. The number of rotatable bonds is 9. The number of likely N-dealkylation sites (N-methyl/N-ethyl adjacent to an activating group) is 1. The predicted octanol–water partition coefficient (Wildman–Crippen LogP) is 3.37. The summed E-state index contributed by atoms with van der Waals surface area (Å²) >= 11 is 0. The van der Waals surface area contributed by atoms with Gasteiger partial charge < -0.3 is 28.8 Å². The molecule has 1 unspecified atom stereocenters. The van der Waals surface area contributed by atoms with Crippen LogP contribution in [0, 0.1) is 6.92 Å². The second kappa shape index (κ2) is 9.91. The first-order valence-corrected chi connectivity index (χ1v) is 10.7. The van der Waals surface area contributed by atoms with Crippen LogP contribution in [0.2, 0.25) is 0 Å². The molecule has 1 atom stereocenters. The molecule has 0 spiro atoms. The zero-order valence-electron chi connectivity index (χ0n) is 19.2. The standard InChI is InChI=1S/C24H30N2O6/c1-6-25(7-2)12-13-26-21(19-10-8-15(3)32-19)20(23(28)24(26)29)22(27)17-14-16(30-4)9-11-18(17)31-5/h8-11,14,21,27H,6-7,12-13H2,1-5H3/b22-20+. The molecule has 2 heterocycles. The molecule has 8 nitrogen and oxygen atoms in total. The highest BCUT2D eigenvalue weighted by Crippen LogP contribution is 2.42. The van der Waals surface area contributed by atoms with Gasteiger partial charge >= 0.3 is 0 Å². The quantitative estimate of drug-likeness (QED) is 0.362. The molecular weight excluding hydrogens is 412 g/mol. The van der Waals surface area contributed by atoms with Crippen molar-refractivity contribution in [2.45, 2.75) is 26.8 Å². The molecule has 1 aromatic carbocycles. The first-order chi connectivity index (χ1) is 15.4. The second-order valence-corrected chi connectivity index (χ2v) is 7.53. The topological polar surface area (TPSA) is 92.5 Å². The summed E-state index contributed by atoms with van der Waals surface area (Å²) in [5, 5.41) is 11.3. The van der Waals surface area contributed by atoms with Crippen LogP contribution in [-0.2, 0) is 9.59 Å². The lowest BCUT2D eigenvalue weighted by Crippen LogP contribution is -2.37. The van der Waals surface area contributed by atoms with Crippen molar-refractivity contribution < 1.29 is 28.6 Å². The maximum atomic E-state index is 13.1. The average Bonchev–Trinajstić information content (AvgIpc) is 3.34. The lowest BCUT2D eigenvalue weighted by molar-refractivity contribution is -0.140. The van der Waals surface area contributed by atoms with E-state index in [1.807, 2.05) is 13.8 Å². The van der Waals surface area contributed by atoms with E-state index < -0.39 is 17.7 Å². The van der Waals surface area contributed by atoms with Crippen molar-refractivity contribution in [1.82, 2.24) is 9.80 Å². The Morgan fingerprint density at radius 1 is 1.12 bits per heavy atom. The zero-order valence-corrected chi connectivity index (χ0v) is 19.2. The van der Waals surface area contributed by atoms with Crippen molar-refractivity contribution in [3.05, 3.63) is 53.0 Å². The molecule has 1 N–H and O–H groups in total. The molecule has 3 rings (SSSR count). The highest BCUT2D eigenvalue weighted by molar-refractivity contribution is 6.46. The van der Waals surface area contributed by atoms with Crippen LogP contribution in [0.1, 0.15) is 37.0 Å². The van der Waals surface area contributed by atoms with Gasteiger partial charge in [-0.05, 0) is 50.3 Å². The summed E-state index contributed by atoms with van der Waals surface area (Å²) in [6, 6.07) is 7.55. The van der Waals surface area contributed by atoms with Gasteiger partial charge in [0.25, 0.3) is 11.7 Å². The SMILES string of the molecule is CCN(CC)CCN1C(=O)C(=O)/C(=C(/O)c2cc(OC)ccc2OC)C1c1ccc(C)o1. The van der Waals surface area contributed by atoms with Gasteiger partial charge in [-0.25, -0.2) is 0 Å². The van der Waals surface area contributed by atoms with Crippen LogP contribution in [0.5, 0.6) is 11.5 Å². The van der Waals surface area contributed by atoms with Gasteiger partial charge in [0.1, 0.15) is 34.8 Å². The first-order valence-electron chi connectivity index (χ1n) is 10.7. The minimum absolute atomic E-state index is 0.0320. The van der Waals surface area contributed by atoms with Gasteiger partial charge in [0, 0.05) is 13.1 Å². The van der Waals surface area contributed by atoms with E-state index in [1.165, 1.54) is 19.1 Å². The predicted molar refractivity (Wildman–Crippen MR) is 120 cm³/mol. The lowest BCUT2D eigenvalue weighted by atomic mass is 9.98. The maximum Gasteiger partial charge on any atom is 0.295 e. The number of furan rings is 1. The van der Waals surface area contributed by atoms with Crippen LogP contribution in [-0.4, -0.2) is 67.0 Å². The number of carbonyl (C=O) groups is 2. The van der Waals surface area contributed by atoms with E-state index in [-0.39, 0.29) is 16.9 Å². The molecule has 1 aromatic heterocycles. The van der Waals surface area contributed by atoms with Gasteiger partial charge in [-0.15, -0.1) is 0 Å². The van der Waals surface area contributed by atoms with Gasteiger partial charge in [-0.2, -0.15) is 0 Å². The number of ketones is 1. The van der Waals surface area contributed by atoms with E-state index in [0.29, 0.717) is 36.1 Å². The Morgan fingerprint density at radius 2 is 1.84 bits per heavy atom. The Balaban J connectivity index is 2.14. The largest absolute Gasteiger partial charge is 0.507 e. The highest BCUT2D eigenvalue weighted by Gasteiger charge is 2.47. The highest BCUT2D eigenvalue weighted by atomic mass is 16.5. The minimum Gasteiger partial charge on any atom is -0.507 e. The Bertz CT molecular complexity index is 1020. The number of aliphatic hydroxyl groups is 1. The summed E-state index contributed by atoms with van der Waals surface area (Å²) in [6.45, 7) is 8.44. The molecule has 8 heteroatoms. The molecule has 1 saturated heterocycles. The summed E-state index contributed by atoms with van der Waals surface area (Å²) in [5.41, 5.74) is 0.234. The third-order valence-electron chi connectivity index (χ3n) is 5.78. The molecule has 1 fully saturated rings. The number of methoxy groups -OCH3 is 2. The van der Waals surface area contributed by atoms with Gasteiger partial charge in [-0.1, -0.05) is 13.8 Å². The summed E-state index contributed by atoms with van der Waals surface area (Å²) in [6.07, 6.45) is 0. The number of ether oxygens (including phenoxy) is 2. The fourth-order valence-electron chi connectivity index (χ4n) is 3.94. The fraction of sp³-hybridized carbons (Fsp3) is 0.417. The fourth-order valence-corrected chi connectivity index (χ4v) is 3.94. The lowest BCUT2D eigenvalue weighted by Gasteiger charge is -2.26. The Morgan fingerprint density at radius 3 is 2.41 bits per heavy atom. The minimum atomic E-state index is -0.838. The number of hydrogen-bond acceptors (Lipinski definition) is 7. The van der Waals surface area contributed by atoms with E-state index >= 15 is 0 Å².